The van der Waals surface area contributed by atoms with Gasteiger partial charge < -0.3 is 15.0 Å². The number of ether oxygens (including phenoxy) is 1. The van der Waals surface area contributed by atoms with Crippen LogP contribution in [0.1, 0.15) is 57.3 Å². The van der Waals surface area contributed by atoms with E-state index in [-0.39, 0.29) is 30.3 Å². The molecule has 1 amide bonds. The molecule has 36 heavy (non-hydrogen) atoms. The number of para-hydroxylation sites is 1. The number of esters is 1. The molecule has 3 aromatic rings. The summed E-state index contributed by atoms with van der Waals surface area (Å²) in [6.07, 6.45) is 4.95. The van der Waals surface area contributed by atoms with E-state index in [1.165, 1.54) is 19.3 Å². The average molecular weight is 489 g/mol. The zero-order valence-corrected chi connectivity index (χ0v) is 20.6. The zero-order chi connectivity index (χ0) is 25.1. The molecule has 0 unspecified atom stereocenters. The molecule has 1 aromatic heterocycles. The van der Waals surface area contributed by atoms with E-state index in [9.17, 15) is 14.4 Å². The largest absolute Gasteiger partial charge is 0.453 e. The normalized spacial score (nSPS) is 16.5. The van der Waals surface area contributed by atoms with Gasteiger partial charge in [-0.3, -0.25) is 19.0 Å². The Kier molecular flexibility index (Phi) is 7.02. The number of benzene rings is 2. The van der Waals surface area contributed by atoms with Crippen LogP contribution in [0.2, 0.25) is 0 Å². The van der Waals surface area contributed by atoms with E-state index in [0.717, 1.165) is 31.6 Å². The third kappa shape index (κ3) is 5.42. The van der Waals surface area contributed by atoms with Gasteiger partial charge in [0.05, 0.1) is 17.3 Å². The van der Waals surface area contributed by atoms with Crippen molar-refractivity contribution in [2.24, 2.45) is 0 Å². The maximum atomic E-state index is 13.0. The smallest absolute Gasteiger partial charge is 0.307 e. The highest BCUT2D eigenvalue weighted by Gasteiger charge is 2.28. The molecule has 0 radical (unpaired) electrons. The Bertz CT molecular complexity index is 1310. The lowest BCUT2D eigenvalue weighted by Crippen LogP contribution is -2.31. The molecule has 1 aliphatic heterocycles. The molecule has 8 nitrogen and oxygen atoms in total. The van der Waals surface area contributed by atoms with Crippen molar-refractivity contribution in [2.45, 2.75) is 64.0 Å². The molecule has 188 valence electrons. The van der Waals surface area contributed by atoms with Gasteiger partial charge in [0.25, 0.3) is 11.5 Å². The molecule has 8 heteroatoms. The number of fused-ring (bicyclic) bond motifs is 1. The summed E-state index contributed by atoms with van der Waals surface area (Å²) in [5, 5.41) is 3.41. The lowest BCUT2D eigenvalue weighted by molar-refractivity contribution is -0.153. The summed E-state index contributed by atoms with van der Waals surface area (Å²) >= 11 is 0. The molecule has 1 N–H and O–H groups in total. The second kappa shape index (κ2) is 10.5. The molecule has 1 atom stereocenters. The van der Waals surface area contributed by atoms with Crippen LogP contribution in [-0.4, -0.2) is 40.6 Å². The Balaban J connectivity index is 1.16. The van der Waals surface area contributed by atoms with Crippen molar-refractivity contribution in [3.05, 3.63) is 64.7 Å². The minimum atomic E-state index is -0.936. The summed E-state index contributed by atoms with van der Waals surface area (Å²) in [6.45, 7) is 3.68. The predicted molar refractivity (Wildman–Crippen MR) is 139 cm³/mol. The molecule has 1 aliphatic carbocycles. The molecule has 2 aromatic carbocycles. The highest BCUT2D eigenvalue weighted by Crippen LogP contribution is 2.35. The fraction of sp³-hybridized carbons (Fsp3) is 0.429. The van der Waals surface area contributed by atoms with Gasteiger partial charge in [0.2, 0.25) is 0 Å². The van der Waals surface area contributed by atoms with E-state index >= 15 is 0 Å². The summed E-state index contributed by atoms with van der Waals surface area (Å²) in [5.74, 6) is -0.292. The first-order valence-corrected chi connectivity index (χ1v) is 12.8. The maximum Gasteiger partial charge on any atom is 0.307 e. The van der Waals surface area contributed by atoms with Gasteiger partial charge in [-0.25, -0.2) is 4.98 Å². The van der Waals surface area contributed by atoms with Gasteiger partial charge in [0, 0.05) is 36.9 Å². The number of hydrogen-bond donors (Lipinski definition) is 1. The van der Waals surface area contributed by atoms with E-state index in [0.29, 0.717) is 22.4 Å². The minimum absolute atomic E-state index is 0.0413. The average Bonchev–Trinajstić information content (AvgIpc) is 3.73. The topological polar surface area (TPSA) is 93.5 Å². The number of hydrogen-bond acceptors (Lipinski definition) is 6. The minimum Gasteiger partial charge on any atom is -0.453 e. The third-order valence-corrected chi connectivity index (χ3v) is 6.88. The van der Waals surface area contributed by atoms with Gasteiger partial charge in [-0.2, -0.15) is 0 Å². The fourth-order valence-corrected chi connectivity index (χ4v) is 4.75. The monoisotopic (exact) mass is 488 g/mol. The number of nitrogens with one attached hydrogen (secondary N) is 1. The molecule has 1 saturated carbocycles. The number of carbonyl (C=O) groups is 2. The zero-order valence-electron chi connectivity index (χ0n) is 20.6. The first-order chi connectivity index (χ1) is 17.5. The van der Waals surface area contributed by atoms with Crippen LogP contribution in [0.15, 0.2) is 53.3 Å². The van der Waals surface area contributed by atoms with E-state index < -0.39 is 12.1 Å². The summed E-state index contributed by atoms with van der Waals surface area (Å²) in [4.78, 5) is 45.1. The number of rotatable bonds is 8. The van der Waals surface area contributed by atoms with E-state index in [4.69, 9.17) is 4.74 Å². The van der Waals surface area contributed by atoms with Gasteiger partial charge in [0.15, 0.2) is 6.10 Å². The quantitative estimate of drug-likeness (QED) is 0.477. The maximum absolute atomic E-state index is 13.0. The number of aromatic nitrogens is 2. The van der Waals surface area contributed by atoms with Gasteiger partial charge >= 0.3 is 5.97 Å². The van der Waals surface area contributed by atoms with Crippen molar-refractivity contribution < 1.29 is 14.3 Å². The van der Waals surface area contributed by atoms with Crippen molar-refractivity contribution in [3.8, 4) is 0 Å². The van der Waals surface area contributed by atoms with E-state index in [1.807, 2.05) is 36.4 Å². The molecule has 2 heterocycles. The number of aryl methyl sites for hydroxylation is 1. The van der Waals surface area contributed by atoms with Crippen LogP contribution < -0.4 is 15.8 Å². The first kappa shape index (κ1) is 24.0. The molecule has 2 fully saturated rings. The lowest BCUT2D eigenvalue weighted by Gasteiger charge is -2.28. The van der Waals surface area contributed by atoms with Crippen LogP contribution in [0, 0.1) is 0 Å². The second-order valence-corrected chi connectivity index (χ2v) is 9.67. The van der Waals surface area contributed by atoms with Crippen molar-refractivity contribution in [1.82, 2.24) is 9.55 Å². The van der Waals surface area contributed by atoms with Gasteiger partial charge in [-0.1, -0.05) is 12.1 Å². The Morgan fingerprint density at radius 3 is 2.50 bits per heavy atom. The fourth-order valence-electron chi connectivity index (χ4n) is 4.75. The summed E-state index contributed by atoms with van der Waals surface area (Å²) in [7, 11) is 0. The van der Waals surface area contributed by atoms with Crippen molar-refractivity contribution in [1.29, 1.82) is 0 Å². The van der Waals surface area contributed by atoms with Crippen molar-refractivity contribution >= 4 is 34.2 Å². The molecular formula is C28H32N4O4. The summed E-state index contributed by atoms with van der Waals surface area (Å²) in [5.41, 5.74) is 2.38. The molecule has 2 aliphatic rings. The number of anilines is 2. The van der Waals surface area contributed by atoms with Crippen molar-refractivity contribution in [2.75, 3.05) is 23.3 Å². The van der Waals surface area contributed by atoms with Gasteiger partial charge in [-0.15, -0.1) is 0 Å². The van der Waals surface area contributed by atoms with Crippen molar-refractivity contribution in [3.63, 3.8) is 0 Å². The molecular weight excluding hydrogens is 456 g/mol. The standard InChI is InChI=1S/C28H32N4O4/c1-19(27(34)29-20-9-11-21(12-10-20)31-17-5-2-6-18-31)36-26(33)16-15-25-30-24-8-4-3-7-23(24)28(35)32(25)22-13-14-22/h3-4,7-12,19,22H,2,5-6,13-18H2,1H3,(H,29,34)/t19-/m0/s1. The number of carbonyl (C=O) groups excluding carboxylic acids is 2. The Morgan fingerprint density at radius 1 is 1.06 bits per heavy atom. The van der Waals surface area contributed by atoms with Gasteiger partial charge in [0.1, 0.15) is 5.82 Å². The second-order valence-electron chi connectivity index (χ2n) is 9.67. The molecule has 5 rings (SSSR count). The van der Waals surface area contributed by atoms with Crippen LogP contribution in [0.3, 0.4) is 0 Å². The third-order valence-electron chi connectivity index (χ3n) is 6.88. The highest BCUT2D eigenvalue weighted by atomic mass is 16.5. The van der Waals surface area contributed by atoms with Gasteiger partial charge in [-0.05, 0) is 75.4 Å². The number of amides is 1. The SMILES string of the molecule is C[C@H](OC(=O)CCc1nc2ccccc2c(=O)n1C1CC1)C(=O)Nc1ccc(N2CCCCC2)cc1. The number of piperidine rings is 1. The molecule has 0 spiro atoms. The van der Waals surface area contributed by atoms with Crippen LogP contribution in [0.5, 0.6) is 0 Å². The summed E-state index contributed by atoms with van der Waals surface area (Å²) < 4.78 is 7.11. The summed E-state index contributed by atoms with van der Waals surface area (Å²) in [6, 6.07) is 15.2. The van der Waals surface area contributed by atoms with Crippen LogP contribution in [-0.2, 0) is 20.7 Å². The van der Waals surface area contributed by atoms with E-state index in [2.05, 4.69) is 15.2 Å². The lowest BCUT2D eigenvalue weighted by atomic mass is 10.1. The molecule has 1 saturated heterocycles. The van der Waals surface area contributed by atoms with Crippen LogP contribution >= 0.6 is 0 Å². The predicted octanol–water partition coefficient (Wildman–Crippen LogP) is 4.22. The van der Waals surface area contributed by atoms with E-state index in [1.54, 1.807) is 23.6 Å². The Morgan fingerprint density at radius 2 is 1.78 bits per heavy atom. The van der Waals surface area contributed by atoms with Crippen LogP contribution in [0.4, 0.5) is 11.4 Å². The molecule has 0 bridgehead atoms. The first-order valence-electron chi connectivity index (χ1n) is 12.8. The Hall–Kier alpha value is -3.68. The Labute approximate surface area is 210 Å². The van der Waals surface area contributed by atoms with Crippen LogP contribution in [0.25, 0.3) is 10.9 Å². The number of nitrogens with zero attached hydrogens (tertiary/aromatic N) is 3. The highest BCUT2D eigenvalue weighted by molar-refractivity contribution is 5.95.